The fourth-order valence-electron chi connectivity index (χ4n) is 2.72. The van der Waals surface area contributed by atoms with Crippen molar-refractivity contribution in [3.05, 3.63) is 35.0 Å². The first-order valence-corrected chi connectivity index (χ1v) is 9.29. The van der Waals surface area contributed by atoms with Gasteiger partial charge in [-0.3, -0.25) is 5.32 Å². The number of amides is 2. The average Bonchev–Trinajstić information content (AvgIpc) is 2.97. The van der Waals surface area contributed by atoms with Gasteiger partial charge in [0, 0.05) is 37.8 Å². The monoisotopic (exact) mass is 439 g/mol. The lowest BCUT2D eigenvalue weighted by molar-refractivity contribution is -0.140. The van der Waals surface area contributed by atoms with E-state index in [2.05, 4.69) is 15.3 Å². The Morgan fingerprint density at radius 2 is 1.79 bits per heavy atom. The van der Waals surface area contributed by atoms with Crippen LogP contribution in [0.5, 0.6) is 0 Å². The molecule has 2 amide bonds. The molecule has 29 heavy (non-hydrogen) atoms. The van der Waals surface area contributed by atoms with E-state index in [0.717, 1.165) is 17.6 Å². The Labute approximate surface area is 165 Å². The number of hydrogen-bond donors (Lipinski definition) is 1. The molecule has 0 atom stereocenters. The zero-order valence-corrected chi connectivity index (χ0v) is 15.5. The van der Waals surface area contributed by atoms with Crippen LogP contribution < -0.4 is 10.2 Å². The van der Waals surface area contributed by atoms with Crippen LogP contribution in [-0.2, 0) is 12.4 Å². The van der Waals surface area contributed by atoms with Gasteiger partial charge >= 0.3 is 18.4 Å². The molecular weight excluding hydrogens is 424 g/mol. The number of hydrogen-bond acceptors (Lipinski definition) is 5. The SMILES string of the molecule is O=C(Nc1nc(C(F)(F)F)cs1)N1CCCN(c2ccc(C(F)(F)F)cn2)CC1. The summed E-state index contributed by atoms with van der Waals surface area (Å²) in [5.41, 5.74) is -1.92. The molecule has 13 heteroatoms. The molecule has 2 aromatic heterocycles. The summed E-state index contributed by atoms with van der Waals surface area (Å²) in [6, 6.07) is 1.63. The number of nitrogens with one attached hydrogen (secondary N) is 1. The Kier molecular flexibility index (Phi) is 5.87. The Balaban J connectivity index is 1.59. The van der Waals surface area contributed by atoms with E-state index in [4.69, 9.17) is 0 Å². The number of nitrogens with zero attached hydrogens (tertiary/aromatic N) is 4. The van der Waals surface area contributed by atoms with Crippen LogP contribution in [0, 0.1) is 0 Å². The number of thiazole rings is 1. The third-order valence-corrected chi connectivity index (χ3v) is 4.95. The van der Waals surface area contributed by atoms with E-state index in [0.29, 0.717) is 43.2 Å². The Morgan fingerprint density at radius 3 is 2.38 bits per heavy atom. The number of carbonyl (C=O) groups excluding carboxylic acids is 1. The first-order chi connectivity index (χ1) is 13.5. The van der Waals surface area contributed by atoms with Crippen LogP contribution >= 0.6 is 11.3 Å². The maximum atomic E-state index is 12.6. The highest BCUT2D eigenvalue weighted by molar-refractivity contribution is 7.13. The van der Waals surface area contributed by atoms with Gasteiger partial charge in [-0.2, -0.15) is 26.3 Å². The highest BCUT2D eigenvalue weighted by atomic mass is 32.1. The van der Waals surface area contributed by atoms with Crippen molar-refractivity contribution in [1.82, 2.24) is 14.9 Å². The second kappa shape index (κ2) is 8.05. The molecule has 1 aliphatic heterocycles. The molecule has 0 bridgehead atoms. The van der Waals surface area contributed by atoms with Crippen LogP contribution in [0.1, 0.15) is 17.7 Å². The molecule has 158 valence electrons. The van der Waals surface area contributed by atoms with Crippen molar-refractivity contribution in [1.29, 1.82) is 0 Å². The normalized spacial score (nSPS) is 15.9. The van der Waals surface area contributed by atoms with Crippen molar-refractivity contribution < 1.29 is 31.1 Å². The molecule has 6 nitrogen and oxygen atoms in total. The molecule has 1 fully saturated rings. The summed E-state index contributed by atoms with van der Waals surface area (Å²) < 4.78 is 75.7. The predicted octanol–water partition coefficient (Wildman–Crippen LogP) is 4.32. The first-order valence-electron chi connectivity index (χ1n) is 8.41. The van der Waals surface area contributed by atoms with Crippen molar-refractivity contribution >= 4 is 28.3 Å². The molecule has 2 aromatic rings. The summed E-state index contributed by atoms with van der Waals surface area (Å²) in [5, 5.41) is 3.00. The Hall–Kier alpha value is -2.57. The number of pyridine rings is 1. The molecule has 0 spiro atoms. The fourth-order valence-corrected chi connectivity index (χ4v) is 3.43. The van der Waals surface area contributed by atoms with Gasteiger partial charge in [0.25, 0.3) is 0 Å². The number of aromatic nitrogens is 2. The van der Waals surface area contributed by atoms with Gasteiger partial charge in [0.1, 0.15) is 5.82 Å². The number of alkyl halides is 6. The lowest BCUT2D eigenvalue weighted by Gasteiger charge is -2.23. The van der Waals surface area contributed by atoms with Crippen LogP contribution in [0.2, 0.25) is 0 Å². The molecule has 3 rings (SSSR count). The number of anilines is 2. The van der Waals surface area contributed by atoms with Gasteiger partial charge in [-0.25, -0.2) is 14.8 Å². The summed E-state index contributed by atoms with van der Waals surface area (Å²) in [7, 11) is 0. The smallest absolute Gasteiger partial charge is 0.355 e. The lowest BCUT2D eigenvalue weighted by atomic mass is 10.2. The van der Waals surface area contributed by atoms with E-state index >= 15 is 0 Å². The third kappa shape index (κ3) is 5.28. The number of halogens is 6. The third-order valence-electron chi connectivity index (χ3n) is 4.19. The second-order valence-electron chi connectivity index (χ2n) is 6.20. The zero-order chi connectivity index (χ0) is 21.2. The Morgan fingerprint density at radius 1 is 1.03 bits per heavy atom. The zero-order valence-electron chi connectivity index (χ0n) is 14.7. The molecule has 0 aliphatic carbocycles. The molecule has 1 N–H and O–H groups in total. The van der Waals surface area contributed by atoms with Crippen LogP contribution in [0.25, 0.3) is 0 Å². The van der Waals surface area contributed by atoms with Gasteiger partial charge in [0.15, 0.2) is 10.8 Å². The molecule has 1 saturated heterocycles. The molecular formula is C16H15F6N5OS. The summed E-state index contributed by atoms with van der Waals surface area (Å²) >= 11 is 0.673. The van der Waals surface area contributed by atoms with E-state index < -0.39 is 29.6 Å². The van der Waals surface area contributed by atoms with Gasteiger partial charge in [-0.05, 0) is 18.6 Å². The van der Waals surface area contributed by atoms with Gasteiger partial charge in [-0.1, -0.05) is 0 Å². The summed E-state index contributed by atoms with van der Waals surface area (Å²) in [5.74, 6) is 0.356. The second-order valence-corrected chi connectivity index (χ2v) is 7.05. The minimum Gasteiger partial charge on any atom is -0.355 e. The van der Waals surface area contributed by atoms with Crippen LogP contribution in [0.4, 0.5) is 42.1 Å². The molecule has 0 saturated carbocycles. The topological polar surface area (TPSA) is 61.4 Å². The highest BCUT2D eigenvalue weighted by Crippen LogP contribution is 2.32. The molecule has 3 heterocycles. The largest absolute Gasteiger partial charge is 0.434 e. The average molecular weight is 439 g/mol. The van der Waals surface area contributed by atoms with Gasteiger partial charge in [-0.15, -0.1) is 11.3 Å². The van der Waals surface area contributed by atoms with Crippen molar-refractivity contribution in [3.63, 3.8) is 0 Å². The van der Waals surface area contributed by atoms with Crippen molar-refractivity contribution in [2.24, 2.45) is 0 Å². The van der Waals surface area contributed by atoms with Crippen molar-refractivity contribution in [2.75, 3.05) is 36.4 Å². The van der Waals surface area contributed by atoms with Gasteiger partial charge in [0.05, 0.1) is 5.56 Å². The minimum atomic E-state index is -4.59. The molecule has 0 aromatic carbocycles. The number of urea groups is 1. The van der Waals surface area contributed by atoms with E-state index in [1.807, 2.05) is 0 Å². The summed E-state index contributed by atoms with van der Waals surface area (Å²) in [6.07, 6.45) is -7.79. The van der Waals surface area contributed by atoms with Crippen LogP contribution in [0.15, 0.2) is 23.7 Å². The predicted molar refractivity (Wildman–Crippen MR) is 93.8 cm³/mol. The quantitative estimate of drug-likeness (QED) is 0.709. The van der Waals surface area contributed by atoms with Crippen molar-refractivity contribution in [2.45, 2.75) is 18.8 Å². The van der Waals surface area contributed by atoms with Gasteiger partial charge in [0.2, 0.25) is 0 Å². The van der Waals surface area contributed by atoms with Crippen molar-refractivity contribution in [3.8, 4) is 0 Å². The molecule has 0 unspecified atom stereocenters. The molecule has 0 radical (unpaired) electrons. The van der Waals surface area contributed by atoms with Gasteiger partial charge < -0.3 is 9.80 Å². The van der Waals surface area contributed by atoms with E-state index in [9.17, 15) is 31.1 Å². The minimum absolute atomic E-state index is 0.159. The Bertz CT molecular complexity index is 851. The first kappa shape index (κ1) is 21.1. The molecule has 1 aliphatic rings. The maximum Gasteiger partial charge on any atom is 0.434 e. The van der Waals surface area contributed by atoms with E-state index in [-0.39, 0.29) is 11.7 Å². The van der Waals surface area contributed by atoms with Crippen LogP contribution in [-0.4, -0.2) is 47.1 Å². The van der Waals surface area contributed by atoms with E-state index in [1.165, 1.54) is 11.0 Å². The standard InChI is InChI=1S/C16H15F6N5OS/c17-15(18,19)10-2-3-12(23-8-10)26-4-1-5-27(7-6-26)14(28)25-13-24-11(9-29-13)16(20,21)22/h2-3,8-9H,1,4-7H2,(H,24,25,28). The lowest BCUT2D eigenvalue weighted by Crippen LogP contribution is -2.38. The van der Waals surface area contributed by atoms with E-state index in [1.54, 1.807) is 4.90 Å². The number of carbonyl (C=O) groups is 1. The highest BCUT2D eigenvalue weighted by Gasteiger charge is 2.34. The summed E-state index contributed by atoms with van der Waals surface area (Å²) in [4.78, 5) is 22.7. The maximum absolute atomic E-state index is 12.6. The number of rotatable bonds is 2. The fraction of sp³-hybridized carbons (Fsp3) is 0.438. The van der Waals surface area contributed by atoms with Crippen LogP contribution in [0.3, 0.4) is 0 Å². The summed E-state index contributed by atoms with van der Waals surface area (Å²) in [6.45, 7) is 1.35.